The van der Waals surface area contributed by atoms with Crippen LogP contribution in [0.15, 0.2) is 30.3 Å². The van der Waals surface area contributed by atoms with E-state index in [0.717, 1.165) is 7.11 Å². The first-order chi connectivity index (χ1) is 5.81. The average Bonchev–Trinajstić information content (AvgIpc) is 2.11. The third-order valence-electron chi connectivity index (χ3n) is 0.940. The van der Waals surface area contributed by atoms with Crippen molar-refractivity contribution in [2.45, 2.75) is 6.92 Å². The van der Waals surface area contributed by atoms with Crippen molar-refractivity contribution < 1.29 is 5.11 Å². The summed E-state index contributed by atoms with van der Waals surface area (Å²) in [7, 11) is 1.00. The molecule has 0 aliphatic rings. The number of aliphatic hydroxyl groups is 1. The molecule has 0 aliphatic carbocycles. The van der Waals surface area contributed by atoms with Gasteiger partial charge in [-0.05, 0) is 6.92 Å². The molecule has 0 radical (unpaired) electrons. The highest BCUT2D eigenvalue weighted by Gasteiger charge is 1.72. The summed E-state index contributed by atoms with van der Waals surface area (Å²) >= 11 is 9.53. The van der Waals surface area contributed by atoms with Gasteiger partial charge in [-0.15, -0.1) is 23.2 Å². The van der Waals surface area contributed by atoms with E-state index in [9.17, 15) is 0 Å². The Balaban J connectivity index is 0. The van der Waals surface area contributed by atoms with Crippen molar-refractivity contribution in [3.05, 3.63) is 35.9 Å². The number of alkyl halides is 2. The maximum absolute atomic E-state index is 7.00. The summed E-state index contributed by atoms with van der Waals surface area (Å²) in [6.45, 7) is 2.08. The Labute approximate surface area is 83.9 Å². The van der Waals surface area contributed by atoms with E-state index in [1.807, 2.05) is 18.2 Å². The van der Waals surface area contributed by atoms with Crippen LogP contribution in [0, 0.1) is 6.92 Å². The van der Waals surface area contributed by atoms with Gasteiger partial charge in [0.2, 0.25) is 0 Å². The minimum Gasteiger partial charge on any atom is -0.400 e. The smallest absolute Gasteiger partial charge is 0.0967 e. The van der Waals surface area contributed by atoms with Gasteiger partial charge in [-0.1, -0.05) is 35.9 Å². The number of rotatable bonds is 0. The van der Waals surface area contributed by atoms with Gasteiger partial charge in [0, 0.05) is 7.11 Å². The third-order valence-corrected chi connectivity index (χ3v) is 0.940. The van der Waals surface area contributed by atoms with Gasteiger partial charge < -0.3 is 5.11 Å². The third kappa shape index (κ3) is 12.4. The second-order valence-electron chi connectivity index (χ2n) is 1.76. The van der Waals surface area contributed by atoms with E-state index in [1.54, 1.807) is 0 Å². The molecule has 0 atom stereocenters. The van der Waals surface area contributed by atoms with Crippen molar-refractivity contribution in [2.75, 3.05) is 12.4 Å². The largest absolute Gasteiger partial charge is 0.400 e. The number of hydrogen-bond acceptors (Lipinski definition) is 1. The SMILES string of the molecule is CO.Cc1ccccc1.ClCCl. The molecule has 0 saturated carbocycles. The van der Waals surface area contributed by atoms with E-state index in [-0.39, 0.29) is 5.34 Å². The van der Waals surface area contributed by atoms with Crippen LogP contribution in [-0.2, 0) is 0 Å². The fraction of sp³-hybridized carbons (Fsp3) is 0.333. The molecule has 0 heterocycles. The van der Waals surface area contributed by atoms with E-state index in [1.165, 1.54) is 5.56 Å². The van der Waals surface area contributed by atoms with Gasteiger partial charge in [0.15, 0.2) is 0 Å². The van der Waals surface area contributed by atoms with Crippen molar-refractivity contribution in [3.8, 4) is 0 Å². The molecule has 1 aromatic carbocycles. The zero-order chi connectivity index (χ0) is 9.82. The lowest BCUT2D eigenvalue weighted by Crippen LogP contribution is -1.62. The van der Waals surface area contributed by atoms with Gasteiger partial charge in [0.25, 0.3) is 0 Å². The van der Waals surface area contributed by atoms with E-state index in [4.69, 9.17) is 28.3 Å². The number of aryl methyl sites for hydroxylation is 1. The predicted octanol–water partition coefficient (Wildman–Crippen LogP) is 3.03. The number of halogens is 2. The van der Waals surface area contributed by atoms with Gasteiger partial charge in [-0.3, -0.25) is 0 Å². The van der Waals surface area contributed by atoms with Crippen LogP contribution < -0.4 is 0 Å². The Morgan fingerprint density at radius 3 is 1.58 bits per heavy atom. The highest BCUT2D eigenvalue weighted by atomic mass is 35.5. The molecule has 1 aromatic rings. The Bertz CT molecular complexity index is 154. The minimum absolute atomic E-state index is 0.194. The van der Waals surface area contributed by atoms with Gasteiger partial charge in [0.05, 0.1) is 5.34 Å². The summed E-state index contributed by atoms with van der Waals surface area (Å²) in [5.74, 6) is 0. The van der Waals surface area contributed by atoms with Gasteiger partial charge in [-0.25, -0.2) is 0 Å². The number of benzene rings is 1. The molecule has 0 aliphatic heterocycles. The van der Waals surface area contributed by atoms with Crippen LogP contribution >= 0.6 is 23.2 Å². The molecule has 0 aromatic heterocycles. The maximum Gasteiger partial charge on any atom is 0.0967 e. The molecular formula is C9H14Cl2O. The molecule has 70 valence electrons. The summed E-state index contributed by atoms with van der Waals surface area (Å²) in [6, 6.07) is 10.3. The van der Waals surface area contributed by atoms with Crippen molar-refractivity contribution >= 4 is 23.2 Å². The monoisotopic (exact) mass is 208 g/mol. The molecule has 0 spiro atoms. The van der Waals surface area contributed by atoms with E-state index in [2.05, 4.69) is 19.1 Å². The fourth-order valence-corrected chi connectivity index (χ4v) is 0.534. The molecular weight excluding hydrogens is 195 g/mol. The van der Waals surface area contributed by atoms with E-state index < -0.39 is 0 Å². The highest BCUT2D eigenvalue weighted by Crippen LogP contribution is 1.92. The Hall–Kier alpha value is -0.240. The molecule has 0 bridgehead atoms. The average molecular weight is 209 g/mol. The summed E-state index contributed by atoms with van der Waals surface area (Å²) in [5.41, 5.74) is 1.32. The minimum atomic E-state index is 0.194. The predicted molar refractivity (Wildman–Crippen MR) is 55.9 cm³/mol. The van der Waals surface area contributed by atoms with Crippen LogP contribution in [0.4, 0.5) is 0 Å². The zero-order valence-electron chi connectivity index (χ0n) is 7.30. The first-order valence-corrected chi connectivity index (χ1v) is 4.46. The Morgan fingerprint density at radius 2 is 1.42 bits per heavy atom. The topological polar surface area (TPSA) is 20.2 Å². The molecule has 12 heavy (non-hydrogen) atoms. The van der Waals surface area contributed by atoms with Crippen molar-refractivity contribution in [3.63, 3.8) is 0 Å². The highest BCUT2D eigenvalue weighted by molar-refractivity contribution is 6.40. The van der Waals surface area contributed by atoms with Crippen LogP contribution in [0.1, 0.15) is 5.56 Å². The van der Waals surface area contributed by atoms with Crippen molar-refractivity contribution in [1.29, 1.82) is 0 Å². The van der Waals surface area contributed by atoms with Crippen LogP contribution in [0.2, 0.25) is 0 Å². The van der Waals surface area contributed by atoms with E-state index in [0.29, 0.717) is 0 Å². The lowest BCUT2D eigenvalue weighted by molar-refractivity contribution is 0.399. The molecule has 0 fully saturated rings. The summed E-state index contributed by atoms with van der Waals surface area (Å²) in [5, 5.41) is 7.19. The van der Waals surface area contributed by atoms with Crippen molar-refractivity contribution in [2.24, 2.45) is 0 Å². The summed E-state index contributed by atoms with van der Waals surface area (Å²) in [4.78, 5) is 0. The molecule has 1 rings (SSSR count). The van der Waals surface area contributed by atoms with Gasteiger partial charge in [0.1, 0.15) is 0 Å². The Kier molecular flexibility index (Phi) is 15.9. The normalized spacial score (nSPS) is 7.08. The van der Waals surface area contributed by atoms with Crippen LogP contribution in [-0.4, -0.2) is 17.6 Å². The molecule has 1 nitrogen and oxygen atoms in total. The molecule has 0 saturated heterocycles. The first kappa shape index (κ1) is 14.3. The quantitative estimate of drug-likeness (QED) is 0.651. The molecule has 3 heteroatoms. The number of hydrogen-bond donors (Lipinski definition) is 1. The molecule has 0 unspecified atom stereocenters. The molecule has 1 N–H and O–H groups in total. The lowest BCUT2D eigenvalue weighted by Gasteiger charge is -1.82. The maximum atomic E-state index is 7.00. The summed E-state index contributed by atoms with van der Waals surface area (Å²) in [6.07, 6.45) is 0. The van der Waals surface area contributed by atoms with E-state index >= 15 is 0 Å². The molecule has 0 amide bonds. The van der Waals surface area contributed by atoms with Crippen molar-refractivity contribution in [1.82, 2.24) is 0 Å². The lowest BCUT2D eigenvalue weighted by atomic mass is 10.2. The van der Waals surface area contributed by atoms with Gasteiger partial charge >= 0.3 is 0 Å². The van der Waals surface area contributed by atoms with Crippen LogP contribution in [0.3, 0.4) is 0 Å². The number of aliphatic hydroxyl groups excluding tert-OH is 1. The second kappa shape index (κ2) is 13.4. The second-order valence-corrected chi connectivity index (χ2v) is 2.56. The van der Waals surface area contributed by atoms with Crippen LogP contribution in [0.25, 0.3) is 0 Å². The fourth-order valence-electron chi connectivity index (χ4n) is 0.534. The first-order valence-electron chi connectivity index (χ1n) is 3.39. The van der Waals surface area contributed by atoms with Crippen LogP contribution in [0.5, 0.6) is 0 Å². The van der Waals surface area contributed by atoms with Gasteiger partial charge in [-0.2, -0.15) is 0 Å². The zero-order valence-corrected chi connectivity index (χ0v) is 8.81. The Morgan fingerprint density at radius 1 is 1.08 bits per heavy atom. The standard InChI is InChI=1S/C7H8.CH2Cl2.CH4O/c1-7-5-3-2-4-6-7;2-1-3;1-2/h2-6H,1H3;1H2;2H,1H3. The summed E-state index contributed by atoms with van der Waals surface area (Å²) < 4.78 is 0.